The molecule has 0 aromatic carbocycles. The van der Waals surface area contributed by atoms with E-state index in [1.54, 1.807) is 5.57 Å². The van der Waals surface area contributed by atoms with Crippen LogP contribution in [0, 0.1) is 5.92 Å². The first-order valence-electron chi connectivity index (χ1n) is 6.00. The van der Waals surface area contributed by atoms with Gasteiger partial charge in [0.15, 0.2) is 0 Å². The minimum absolute atomic E-state index is 0.844. The van der Waals surface area contributed by atoms with Crippen molar-refractivity contribution in [2.24, 2.45) is 5.92 Å². The van der Waals surface area contributed by atoms with Crippen LogP contribution in [0.3, 0.4) is 0 Å². The Balaban J connectivity index is 2.04. The molecule has 0 aromatic heterocycles. The van der Waals surface area contributed by atoms with E-state index in [4.69, 9.17) is 0 Å². The molecule has 0 spiro atoms. The molecule has 0 unspecified atom stereocenters. The second-order valence-electron chi connectivity index (χ2n) is 4.42. The number of rotatable bonds is 1. The fourth-order valence-corrected chi connectivity index (χ4v) is 2.48. The minimum Gasteiger partial charge on any atom is -0.0807 e. The van der Waals surface area contributed by atoms with Crippen LogP contribution in [0.2, 0.25) is 0 Å². The highest BCUT2D eigenvalue weighted by molar-refractivity contribution is 5.29. The number of hydrogen-bond acceptors (Lipinski definition) is 0. The Bertz CT molecular complexity index is 247. The standard InChI is InChI=1S/C14H20/c1-2-6-10-13(9-5-1)14-11-7-3-4-8-12-14/h1,5-6,9-10,14H,2-4,7-8,11-12H2. The molecule has 0 radical (unpaired) electrons. The van der Waals surface area contributed by atoms with E-state index in [-0.39, 0.29) is 0 Å². The van der Waals surface area contributed by atoms with Crippen LogP contribution in [0.25, 0.3) is 0 Å². The van der Waals surface area contributed by atoms with Gasteiger partial charge < -0.3 is 0 Å². The largest absolute Gasteiger partial charge is 0.0807 e. The van der Waals surface area contributed by atoms with Crippen LogP contribution in [-0.4, -0.2) is 0 Å². The van der Waals surface area contributed by atoms with E-state index >= 15 is 0 Å². The lowest BCUT2D eigenvalue weighted by atomic mass is 9.91. The van der Waals surface area contributed by atoms with E-state index in [9.17, 15) is 0 Å². The maximum atomic E-state index is 2.34. The second-order valence-corrected chi connectivity index (χ2v) is 4.42. The van der Waals surface area contributed by atoms with Crippen LogP contribution in [0.15, 0.2) is 36.0 Å². The van der Waals surface area contributed by atoms with E-state index in [0.717, 1.165) is 12.3 Å². The summed E-state index contributed by atoms with van der Waals surface area (Å²) in [4.78, 5) is 0. The SMILES string of the molecule is C1=CCC=CC(C2CCCCCC2)=C1. The summed E-state index contributed by atoms with van der Waals surface area (Å²) < 4.78 is 0. The molecule has 0 saturated heterocycles. The maximum Gasteiger partial charge on any atom is -0.0162 e. The molecule has 14 heavy (non-hydrogen) atoms. The van der Waals surface area contributed by atoms with Gasteiger partial charge in [-0.05, 0) is 30.8 Å². The molecule has 0 aromatic rings. The molecule has 2 aliphatic carbocycles. The third-order valence-corrected chi connectivity index (χ3v) is 3.33. The molecular weight excluding hydrogens is 168 g/mol. The van der Waals surface area contributed by atoms with Crippen molar-refractivity contribution in [2.75, 3.05) is 0 Å². The summed E-state index contributed by atoms with van der Waals surface area (Å²) in [6, 6.07) is 0. The molecular formula is C14H20. The van der Waals surface area contributed by atoms with Gasteiger partial charge in [0.1, 0.15) is 0 Å². The Labute approximate surface area is 87.4 Å². The minimum atomic E-state index is 0.844. The first-order chi connectivity index (χ1) is 6.97. The van der Waals surface area contributed by atoms with Crippen molar-refractivity contribution in [3.63, 3.8) is 0 Å². The topological polar surface area (TPSA) is 0 Å². The summed E-state index contributed by atoms with van der Waals surface area (Å²) in [5, 5.41) is 0. The van der Waals surface area contributed by atoms with Gasteiger partial charge in [-0.2, -0.15) is 0 Å². The lowest BCUT2D eigenvalue weighted by molar-refractivity contribution is 0.540. The van der Waals surface area contributed by atoms with Crippen molar-refractivity contribution < 1.29 is 0 Å². The Morgan fingerprint density at radius 1 is 0.929 bits per heavy atom. The Morgan fingerprint density at radius 2 is 1.71 bits per heavy atom. The van der Waals surface area contributed by atoms with Crippen LogP contribution in [0.4, 0.5) is 0 Å². The number of hydrogen-bond donors (Lipinski definition) is 0. The molecule has 0 atom stereocenters. The molecule has 1 fully saturated rings. The summed E-state index contributed by atoms with van der Waals surface area (Å²) in [5.74, 6) is 0.844. The molecule has 0 nitrogen and oxygen atoms in total. The summed E-state index contributed by atoms with van der Waals surface area (Å²) in [7, 11) is 0. The highest BCUT2D eigenvalue weighted by Crippen LogP contribution is 2.30. The predicted molar refractivity (Wildman–Crippen MR) is 62.2 cm³/mol. The van der Waals surface area contributed by atoms with Crippen molar-refractivity contribution >= 4 is 0 Å². The van der Waals surface area contributed by atoms with Crippen LogP contribution in [-0.2, 0) is 0 Å². The first-order valence-corrected chi connectivity index (χ1v) is 6.00. The lowest BCUT2D eigenvalue weighted by Gasteiger charge is -2.14. The highest BCUT2D eigenvalue weighted by atomic mass is 14.2. The molecule has 2 rings (SSSR count). The maximum absolute atomic E-state index is 2.34. The smallest absolute Gasteiger partial charge is 0.0162 e. The lowest BCUT2D eigenvalue weighted by Crippen LogP contribution is -2.00. The van der Waals surface area contributed by atoms with E-state index in [0.29, 0.717) is 0 Å². The van der Waals surface area contributed by atoms with Gasteiger partial charge in [0.2, 0.25) is 0 Å². The molecule has 0 heteroatoms. The zero-order valence-electron chi connectivity index (χ0n) is 8.91. The first kappa shape index (κ1) is 9.76. The van der Waals surface area contributed by atoms with E-state index < -0.39 is 0 Å². The Hall–Kier alpha value is -0.780. The van der Waals surface area contributed by atoms with Gasteiger partial charge >= 0.3 is 0 Å². The van der Waals surface area contributed by atoms with Crippen molar-refractivity contribution in [1.29, 1.82) is 0 Å². The van der Waals surface area contributed by atoms with Crippen molar-refractivity contribution in [1.82, 2.24) is 0 Å². The third kappa shape index (κ3) is 2.60. The molecule has 76 valence electrons. The molecule has 1 saturated carbocycles. The van der Waals surface area contributed by atoms with Crippen LogP contribution >= 0.6 is 0 Å². The average molecular weight is 188 g/mol. The molecule has 0 bridgehead atoms. The molecule has 0 amide bonds. The third-order valence-electron chi connectivity index (χ3n) is 3.33. The van der Waals surface area contributed by atoms with Crippen LogP contribution < -0.4 is 0 Å². The van der Waals surface area contributed by atoms with Crippen LogP contribution in [0.1, 0.15) is 44.9 Å². The average Bonchev–Trinajstić information content (AvgIpc) is 2.62. The van der Waals surface area contributed by atoms with Gasteiger partial charge in [0.05, 0.1) is 0 Å². The monoisotopic (exact) mass is 188 g/mol. The van der Waals surface area contributed by atoms with E-state index in [1.807, 2.05) is 0 Å². The van der Waals surface area contributed by atoms with Crippen LogP contribution in [0.5, 0.6) is 0 Å². The zero-order valence-corrected chi connectivity index (χ0v) is 8.91. The van der Waals surface area contributed by atoms with Gasteiger partial charge in [0, 0.05) is 0 Å². The van der Waals surface area contributed by atoms with E-state index in [1.165, 1.54) is 38.5 Å². The molecule has 0 aliphatic heterocycles. The van der Waals surface area contributed by atoms with Gasteiger partial charge in [-0.15, -0.1) is 0 Å². The Morgan fingerprint density at radius 3 is 2.50 bits per heavy atom. The highest BCUT2D eigenvalue weighted by Gasteiger charge is 2.14. The van der Waals surface area contributed by atoms with Gasteiger partial charge in [-0.1, -0.05) is 56.1 Å². The molecule has 0 N–H and O–H groups in total. The summed E-state index contributed by atoms with van der Waals surface area (Å²) in [6.07, 6.45) is 21.1. The summed E-state index contributed by atoms with van der Waals surface area (Å²) >= 11 is 0. The quantitative estimate of drug-likeness (QED) is 0.535. The van der Waals surface area contributed by atoms with Crippen molar-refractivity contribution in [3.8, 4) is 0 Å². The predicted octanol–water partition coefficient (Wildman–Crippen LogP) is 4.40. The van der Waals surface area contributed by atoms with Crippen molar-refractivity contribution in [2.45, 2.75) is 44.9 Å². The van der Waals surface area contributed by atoms with Crippen molar-refractivity contribution in [3.05, 3.63) is 36.0 Å². The summed E-state index contributed by atoms with van der Waals surface area (Å²) in [6.45, 7) is 0. The molecule has 0 heterocycles. The Kier molecular flexibility index (Phi) is 3.62. The summed E-state index contributed by atoms with van der Waals surface area (Å²) in [5.41, 5.74) is 1.57. The molecule has 2 aliphatic rings. The second kappa shape index (κ2) is 5.19. The number of allylic oxidation sites excluding steroid dienone is 6. The van der Waals surface area contributed by atoms with Gasteiger partial charge in [-0.3, -0.25) is 0 Å². The zero-order chi connectivity index (χ0) is 9.64. The van der Waals surface area contributed by atoms with E-state index in [2.05, 4.69) is 30.4 Å². The normalized spacial score (nSPS) is 24.1. The fourth-order valence-electron chi connectivity index (χ4n) is 2.48. The van der Waals surface area contributed by atoms with Gasteiger partial charge in [-0.25, -0.2) is 0 Å². The fraction of sp³-hybridized carbons (Fsp3) is 0.571. The van der Waals surface area contributed by atoms with Gasteiger partial charge in [0.25, 0.3) is 0 Å².